The van der Waals surface area contributed by atoms with Gasteiger partial charge in [0.1, 0.15) is 12.6 Å². The summed E-state index contributed by atoms with van der Waals surface area (Å²) in [5.41, 5.74) is 10.2. The zero-order chi connectivity index (χ0) is 20.5. The molecule has 28 heavy (non-hydrogen) atoms. The quantitative estimate of drug-likeness (QED) is 0.459. The summed E-state index contributed by atoms with van der Waals surface area (Å²) in [4.78, 5) is 53.0. The summed E-state index contributed by atoms with van der Waals surface area (Å²) in [7, 11) is 1.45. The van der Waals surface area contributed by atoms with Gasteiger partial charge in [-0.05, 0) is 6.92 Å². The van der Waals surface area contributed by atoms with E-state index in [4.69, 9.17) is 20.9 Å². The number of ether oxygens (including phenoxy) is 2. The summed E-state index contributed by atoms with van der Waals surface area (Å²) in [6, 6.07) is -0.497. The first-order chi connectivity index (χ1) is 13.2. The largest absolute Gasteiger partial charge is 0.449 e. The maximum atomic E-state index is 13.0. The smallest absolute Gasteiger partial charge is 0.404 e. The van der Waals surface area contributed by atoms with Gasteiger partial charge in [0.05, 0.1) is 23.4 Å². The van der Waals surface area contributed by atoms with Crippen LogP contribution in [0.2, 0.25) is 0 Å². The molecule has 4 atom stereocenters. The minimum atomic E-state index is -1.19. The van der Waals surface area contributed by atoms with Gasteiger partial charge in [0, 0.05) is 31.2 Å². The van der Waals surface area contributed by atoms with E-state index in [-0.39, 0.29) is 52.9 Å². The molecule has 2 saturated heterocycles. The van der Waals surface area contributed by atoms with Crippen molar-refractivity contribution in [2.75, 3.05) is 20.3 Å². The average Bonchev–Trinajstić information content (AvgIpc) is 3.17. The van der Waals surface area contributed by atoms with Gasteiger partial charge >= 0.3 is 6.09 Å². The lowest BCUT2D eigenvalue weighted by Gasteiger charge is -2.41. The number of nitrogens with zero attached hydrogens (tertiary/aromatic N) is 2. The number of piperazine rings is 1. The highest BCUT2D eigenvalue weighted by molar-refractivity contribution is 6.25. The molecule has 4 rings (SSSR count). The Morgan fingerprint density at radius 1 is 1.29 bits per heavy atom. The molecule has 0 saturated carbocycles. The molecule has 4 aliphatic rings. The molecular weight excluding hydrogens is 368 g/mol. The fraction of sp³-hybridized carbons (Fsp3) is 0.556. The van der Waals surface area contributed by atoms with Crippen LogP contribution in [-0.4, -0.2) is 71.4 Å². The van der Waals surface area contributed by atoms with Crippen LogP contribution in [0.1, 0.15) is 20.3 Å². The van der Waals surface area contributed by atoms with Crippen LogP contribution in [0.5, 0.6) is 0 Å². The number of carbonyl (C=O) groups is 4. The number of fused-ring (bicyclic) bond motifs is 4. The van der Waals surface area contributed by atoms with E-state index in [0.717, 1.165) is 0 Å². The lowest BCUT2D eigenvalue weighted by molar-refractivity contribution is -0.153. The molecule has 3 aliphatic heterocycles. The van der Waals surface area contributed by atoms with Gasteiger partial charge in [0.2, 0.25) is 17.5 Å². The van der Waals surface area contributed by atoms with E-state index >= 15 is 0 Å². The van der Waals surface area contributed by atoms with Gasteiger partial charge in [0.25, 0.3) is 0 Å². The van der Waals surface area contributed by atoms with Crippen molar-refractivity contribution in [2.24, 2.45) is 17.4 Å². The highest BCUT2D eigenvalue weighted by Gasteiger charge is 2.77. The summed E-state index contributed by atoms with van der Waals surface area (Å²) in [5, 5.41) is 0. The van der Waals surface area contributed by atoms with Crippen molar-refractivity contribution in [1.82, 2.24) is 9.80 Å². The molecule has 0 aromatic heterocycles. The Hall–Kier alpha value is -2.88. The van der Waals surface area contributed by atoms with Crippen LogP contribution in [-0.2, 0) is 23.9 Å². The van der Waals surface area contributed by atoms with E-state index in [1.54, 1.807) is 16.7 Å². The second kappa shape index (κ2) is 5.81. The molecule has 10 nitrogen and oxygen atoms in total. The molecule has 2 fully saturated rings. The fourth-order valence-corrected chi connectivity index (χ4v) is 5.00. The number of ketones is 2. The topological polar surface area (TPSA) is 145 Å². The molecule has 0 spiro atoms. The molecule has 0 bridgehead atoms. The molecule has 4 N–H and O–H groups in total. The lowest BCUT2D eigenvalue weighted by atomic mass is 9.82. The first-order valence-electron chi connectivity index (χ1n) is 9.08. The zero-order valence-corrected chi connectivity index (χ0v) is 15.9. The van der Waals surface area contributed by atoms with E-state index in [1.807, 2.05) is 0 Å². The predicted molar refractivity (Wildman–Crippen MR) is 94.1 cm³/mol. The van der Waals surface area contributed by atoms with Crippen molar-refractivity contribution in [3.63, 3.8) is 0 Å². The SMILES string of the molecule is CCC(=O)N1[C@H]2[C@@H]1CN1C3=C(C(=O)C(N)=C(C)C3=O)[C@@H](COC(N)=O)[C@@]21OC. The van der Waals surface area contributed by atoms with Crippen molar-refractivity contribution in [1.29, 1.82) is 0 Å². The number of Topliss-reactive ketones (excluding diaryl/α,β-unsaturated/α-hetero) is 2. The molecule has 0 radical (unpaired) electrons. The first-order valence-corrected chi connectivity index (χ1v) is 9.08. The number of methoxy groups -OCH3 is 1. The second-order valence-electron chi connectivity index (χ2n) is 7.38. The molecule has 3 heterocycles. The standard InChI is InChI=1S/C18H22N4O6/c1-4-10(23)22-9-5-21-13-11(15(25)12(19)7(2)14(13)24)8(6-28-17(20)26)18(21,27-3)16(9)22/h8-9,16H,4-6,19H2,1-3H3,(H2,20,26)/t8-,9+,16+,18-,22?/m1/s1. The first kappa shape index (κ1) is 18.5. The number of amides is 2. The monoisotopic (exact) mass is 390 g/mol. The molecule has 1 aliphatic carbocycles. The highest BCUT2D eigenvalue weighted by atomic mass is 16.6. The van der Waals surface area contributed by atoms with E-state index < -0.39 is 23.5 Å². The second-order valence-corrected chi connectivity index (χ2v) is 7.38. The van der Waals surface area contributed by atoms with Crippen LogP contribution in [0.3, 0.4) is 0 Å². The number of hydrogen-bond donors (Lipinski definition) is 2. The van der Waals surface area contributed by atoms with Crippen LogP contribution in [0.4, 0.5) is 4.79 Å². The third-order valence-electron chi connectivity index (χ3n) is 6.28. The maximum absolute atomic E-state index is 13.0. The van der Waals surface area contributed by atoms with Gasteiger partial charge in [-0.25, -0.2) is 4.79 Å². The van der Waals surface area contributed by atoms with Crippen molar-refractivity contribution in [3.05, 3.63) is 22.5 Å². The minimum absolute atomic E-state index is 0.0445. The number of primary amides is 1. The van der Waals surface area contributed by atoms with Crippen molar-refractivity contribution < 1.29 is 28.7 Å². The third kappa shape index (κ3) is 2.00. The third-order valence-corrected chi connectivity index (χ3v) is 6.28. The van der Waals surface area contributed by atoms with Crippen LogP contribution < -0.4 is 11.5 Å². The Morgan fingerprint density at radius 2 is 1.96 bits per heavy atom. The molecule has 150 valence electrons. The molecule has 0 aromatic rings. The summed E-state index contributed by atoms with van der Waals surface area (Å²) in [6.07, 6.45) is -0.679. The van der Waals surface area contributed by atoms with Crippen LogP contribution in [0, 0.1) is 5.92 Å². The van der Waals surface area contributed by atoms with E-state index in [0.29, 0.717) is 13.0 Å². The molecule has 0 aromatic carbocycles. The summed E-state index contributed by atoms with van der Waals surface area (Å²) in [6.45, 7) is 3.36. The lowest BCUT2D eigenvalue weighted by Crippen LogP contribution is -2.56. The number of nitrogens with two attached hydrogens (primary N) is 2. The van der Waals surface area contributed by atoms with Gasteiger partial charge in [-0.15, -0.1) is 0 Å². The minimum Gasteiger partial charge on any atom is -0.449 e. The van der Waals surface area contributed by atoms with Crippen molar-refractivity contribution in [3.8, 4) is 0 Å². The summed E-state index contributed by atoms with van der Waals surface area (Å²) >= 11 is 0. The van der Waals surface area contributed by atoms with Crippen LogP contribution >= 0.6 is 0 Å². The number of rotatable bonds is 4. The predicted octanol–water partition coefficient (Wildman–Crippen LogP) is -1.00. The van der Waals surface area contributed by atoms with Gasteiger partial charge in [-0.2, -0.15) is 0 Å². The van der Waals surface area contributed by atoms with Crippen molar-refractivity contribution >= 4 is 23.6 Å². The molecule has 0 unspecified atom stereocenters. The molecule has 2 amide bonds. The van der Waals surface area contributed by atoms with Gasteiger partial charge in [-0.3, -0.25) is 14.4 Å². The number of carbonyl (C=O) groups excluding carboxylic acids is 4. The maximum Gasteiger partial charge on any atom is 0.404 e. The Bertz CT molecular complexity index is 893. The van der Waals surface area contributed by atoms with Gasteiger partial charge in [0.15, 0.2) is 5.72 Å². The Labute approximate surface area is 161 Å². The highest BCUT2D eigenvalue weighted by Crippen LogP contribution is 2.59. The Kier molecular flexibility index (Phi) is 3.83. The van der Waals surface area contributed by atoms with Crippen LogP contribution in [0.15, 0.2) is 22.5 Å². The summed E-state index contributed by atoms with van der Waals surface area (Å²) < 4.78 is 10.9. The van der Waals surface area contributed by atoms with E-state index in [1.165, 1.54) is 14.0 Å². The normalized spacial score (nSPS) is 33.2. The van der Waals surface area contributed by atoms with Gasteiger partial charge < -0.3 is 30.7 Å². The Balaban J connectivity index is 1.82. The zero-order valence-electron chi connectivity index (χ0n) is 15.9. The number of hydrogen-bond acceptors (Lipinski definition) is 8. The molecule has 10 heteroatoms. The van der Waals surface area contributed by atoms with Crippen molar-refractivity contribution in [2.45, 2.75) is 38.1 Å². The van der Waals surface area contributed by atoms with Crippen LogP contribution in [0.25, 0.3) is 0 Å². The fourth-order valence-electron chi connectivity index (χ4n) is 5.00. The molecular formula is C18H22N4O6. The Morgan fingerprint density at radius 3 is 2.54 bits per heavy atom. The summed E-state index contributed by atoms with van der Waals surface area (Å²) in [5.74, 6) is -1.68. The van der Waals surface area contributed by atoms with E-state index in [2.05, 4.69) is 0 Å². The number of allylic oxidation sites excluding steroid dienone is 2. The van der Waals surface area contributed by atoms with Gasteiger partial charge in [-0.1, -0.05) is 6.92 Å². The average molecular weight is 390 g/mol. The van der Waals surface area contributed by atoms with E-state index in [9.17, 15) is 19.2 Å².